The number of rotatable bonds is 3. The number of benzene rings is 1. The number of nitrogens with zero attached hydrogens (tertiary/aromatic N) is 2. The van der Waals surface area contributed by atoms with Crippen molar-refractivity contribution in [3.05, 3.63) is 59.6 Å². The molecule has 4 heteroatoms. The number of aromatic nitrogens is 2. The van der Waals surface area contributed by atoms with E-state index in [4.69, 9.17) is 4.74 Å². The number of halogens is 1. The zero-order chi connectivity index (χ0) is 15.3. The molecule has 112 valence electrons. The van der Waals surface area contributed by atoms with Gasteiger partial charge in [0, 0.05) is 18.6 Å². The van der Waals surface area contributed by atoms with Gasteiger partial charge in [-0.3, -0.25) is 0 Å². The summed E-state index contributed by atoms with van der Waals surface area (Å²) in [5.74, 6) is 0.0245. The molecule has 1 aromatic carbocycles. The highest BCUT2D eigenvalue weighted by Gasteiger charge is 2.54. The lowest BCUT2D eigenvalue weighted by Crippen LogP contribution is -2.29. The minimum absolute atomic E-state index is 0.199. The number of fused-ring (bicyclic) bond motifs is 5. The first-order valence-corrected chi connectivity index (χ1v) is 7.48. The molecule has 2 aliphatic carbocycles. The molecule has 0 spiro atoms. The largest absolute Gasteiger partial charge is 0.383 e. The summed E-state index contributed by atoms with van der Waals surface area (Å²) in [5, 5.41) is 8.72. The predicted octanol–water partition coefficient (Wildman–Crippen LogP) is 3.61. The molecule has 22 heavy (non-hydrogen) atoms. The molecule has 0 unspecified atom stereocenters. The summed E-state index contributed by atoms with van der Waals surface area (Å²) in [5.41, 5.74) is 4.16. The van der Waals surface area contributed by atoms with Gasteiger partial charge in [-0.05, 0) is 36.6 Å². The van der Waals surface area contributed by atoms with Gasteiger partial charge < -0.3 is 4.74 Å². The Morgan fingerprint density at radius 1 is 1.36 bits per heavy atom. The molecular formula is C18H17FN2O. The average molecular weight is 296 g/mol. The quantitative estimate of drug-likeness (QED) is 0.812. The summed E-state index contributed by atoms with van der Waals surface area (Å²) in [7, 11) is 1.70. The van der Waals surface area contributed by atoms with Gasteiger partial charge in [-0.15, -0.1) is 0 Å². The average Bonchev–Trinajstić information content (AvgIpc) is 2.96. The highest BCUT2D eigenvalue weighted by molar-refractivity contribution is 5.64. The second-order valence-corrected chi connectivity index (χ2v) is 6.14. The van der Waals surface area contributed by atoms with Crippen LogP contribution in [-0.2, 0) is 10.2 Å². The first kappa shape index (κ1) is 13.6. The van der Waals surface area contributed by atoms with E-state index in [-0.39, 0.29) is 11.2 Å². The Morgan fingerprint density at radius 3 is 2.95 bits per heavy atom. The van der Waals surface area contributed by atoms with E-state index < -0.39 is 0 Å². The van der Waals surface area contributed by atoms with E-state index in [1.54, 1.807) is 19.2 Å². The van der Waals surface area contributed by atoms with Crippen molar-refractivity contribution in [1.82, 2.24) is 10.2 Å². The molecule has 2 aliphatic rings. The molecule has 0 N–H and O–H groups in total. The van der Waals surface area contributed by atoms with Crippen molar-refractivity contribution in [2.45, 2.75) is 24.2 Å². The lowest BCUT2D eigenvalue weighted by Gasteiger charge is -2.26. The maximum atomic E-state index is 14.0. The Labute approximate surface area is 128 Å². The van der Waals surface area contributed by atoms with E-state index in [0.717, 1.165) is 24.1 Å². The van der Waals surface area contributed by atoms with E-state index in [0.29, 0.717) is 23.8 Å². The highest BCUT2D eigenvalue weighted by Crippen LogP contribution is 2.59. The summed E-state index contributed by atoms with van der Waals surface area (Å²) in [6.45, 7) is 4.87. The summed E-state index contributed by atoms with van der Waals surface area (Å²) in [6.07, 6.45) is 2.06. The molecule has 1 heterocycles. The molecule has 0 radical (unpaired) electrons. The Hall–Kier alpha value is -2.07. The molecule has 1 aromatic heterocycles. The van der Waals surface area contributed by atoms with Gasteiger partial charge >= 0.3 is 0 Å². The minimum Gasteiger partial charge on any atom is -0.383 e. The first-order chi connectivity index (χ1) is 10.7. The van der Waals surface area contributed by atoms with Crippen molar-refractivity contribution in [2.75, 3.05) is 13.7 Å². The van der Waals surface area contributed by atoms with Crippen molar-refractivity contribution >= 4 is 0 Å². The van der Waals surface area contributed by atoms with Crippen LogP contribution in [0.2, 0.25) is 0 Å². The van der Waals surface area contributed by atoms with Crippen LogP contribution in [0, 0.1) is 5.82 Å². The zero-order valence-corrected chi connectivity index (χ0v) is 12.5. The third-order valence-electron chi connectivity index (χ3n) is 5.09. The third-order valence-corrected chi connectivity index (χ3v) is 5.09. The van der Waals surface area contributed by atoms with Crippen LogP contribution in [0.1, 0.15) is 30.0 Å². The van der Waals surface area contributed by atoms with Crippen LogP contribution in [-0.4, -0.2) is 23.9 Å². The molecule has 1 saturated carbocycles. The molecule has 0 saturated heterocycles. The molecule has 2 aromatic rings. The van der Waals surface area contributed by atoms with Crippen molar-refractivity contribution in [3.8, 4) is 11.3 Å². The molecule has 4 rings (SSSR count). The highest BCUT2D eigenvalue weighted by atomic mass is 19.1. The first-order valence-electron chi connectivity index (χ1n) is 7.48. The minimum atomic E-state index is -0.273. The van der Waals surface area contributed by atoms with Crippen LogP contribution in [0.4, 0.5) is 4.39 Å². The van der Waals surface area contributed by atoms with E-state index in [1.165, 1.54) is 11.6 Å². The van der Waals surface area contributed by atoms with Crippen molar-refractivity contribution < 1.29 is 9.13 Å². The predicted molar refractivity (Wildman–Crippen MR) is 82.1 cm³/mol. The number of methoxy groups -OCH3 is 1. The zero-order valence-electron chi connectivity index (χ0n) is 12.5. The summed E-state index contributed by atoms with van der Waals surface area (Å²) >= 11 is 0. The van der Waals surface area contributed by atoms with Crippen LogP contribution in [0.25, 0.3) is 11.3 Å². The molecule has 1 fully saturated rings. The van der Waals surface area contributed by atoms with E-state index in [1.807, 2.05) is 12.1 Å². The maximum Gasteiger partial charge on any atom is 0.132 e. The number of ether oxygens (including phenoxy) is 1. The topological polar surface area (TPSA) is 35.0 Å². The second kappa shape index (κ2) is 4.71. The maximum absolute atomic E-state index is 14.0. The van der Waals surface area contributed by atoms with Crippen LogP contribution in [0.5, 0.6) is 0 Å². The van der Waals surface area contributed by atoms with Crippen LogP contribution < -0.4 is 0 Å². The lowest BCUT2D eigenvalue weighted by molar-refractivity contribution is 0.147. The van der Waals surface area contributed by atoms with E-state index >= 15 is 0 Å². The van der Waals surface area contributed by atoms with Gasteiger partial charge in [0.1, 0.15) is 5.82 Å². The molecular weight excluding hydrogens is 279 g/mol. The number of hydrogen-bond donors (Lipinski definition) is 0. The van der Waals surface area contributed by atoms with Gasteiger partial charge in [0.25, 0.3) is 0 Å². The van der Waals surface area contributed by atoms with Crippen molar-refractivity contribution in [3.63, 3.8) is 0 Å². The summed E-state index contributed by atoms with van der Waals surface area (Å²) in [4.78, 5) is 0. The SMILES string of the molecule is C=C1[C@@H]2CC[C@@]1(COC)c1nnc(-c3ccccc3F)cc12. The standard InChI is InChI=1S/C18H17FN2O/c1-11-12-7-8-18(11,10-22-2)17-14(12)9-16(20-21-17)13-5-3-4-6-15(13)19/h3-6,9,12H,1,7-8,10H2,2H3/t12-,18-/m0/s1. The fraction of sp³-hybridized carbons (Fsp3) is 0.333. The van der Waals surface area contributed by atoms with E-state index in [2.05, 4.69) is 16.8 Å². The monoisotopic (exact) mass is 296 g/mol. The second-order valence-electron chi connectivity index (χ2n) is 6.14. The fourth-order valence-corrected chi connectivity index (χ4v) is 4.00. The normalized spacial score (nSPS) is 25.5. The van der Waals surface area contributed by atoms with Crippen LogP contribution in [0.15, 0.2) is 42.5 Å². The smallest absolute Gasteiger partial charge is 0.132 e. The molecule has 0 amide bonds. The van der Waals surface area contributed by atoms with Gasteiger partial charge in [0.2, 0.25) is 0 Å². The Kier molecular flexibility index (Phi) is 2.91. The summed E-state index contributed by atoms with van der Waals surface area (Å²) in [6, 6.07) is 8.65. The molecule has 2 bridgehead atoms. The van der Waals surface area contributed by atoms with Gasteiger partial charge in [-0.1, -0.05) is 24.3 Å². The Balaban J connectivity index is 1.85. The van der Waals surface area contributed by atoms with Gasteiger partial charge in [0.05, 0.1) is 23.4 Å². The Bertz CT molecular complexity index is 773. The molecule has 0 aliphatic heterocycles. The fourth-order valence-electron chi connectivity index (χ4n) is 4.00. The van der Waals surface area contributed by atoms with Crippen LogP contribution >= 0.6 is 0 Å². The lowest BCUT2D eigenvalue weighted by atomic mass is 9.82. The van der Waals surface area contributed by atoms with Gasteiger partial charge in [-0.25, -0.2) is 4.39 Å². The summed E-state index contributed by atoms with van der Waals surface area (Å²) < 4.78 is 19.4. The van der Waals surface area contributed by atoms with Crippen LogP contribution in [0.3, 0.4) is 0 Å². The Morgan fingerprint density at radius 2 is 2.18 bits per heavy atom. The van der Waals surface area contributed by atoms with Gasteiger partial charge in [0.15, 0.2) is 0 Å². The van der Waals surface area contributed by atoms with Crippen molar-refractivity contribution in [2.24, 2.45) is 0 Å². The van der Waals surface area contributed by atoms with E-state index in [9.17, 15) is 4.39 Å². The number of hydrogen-bond acceptors (Lipinski definition) is 3. The third kappa shape index (κ3) is 1.64. The van der Waals surface area contributed by atoms with Gasteiger partial charge in [-0.2, -0.15) is 10.2 Å². The molecule has 2 atom stereocenters. The van der Waals surface area contributed by atoms with Crippen molar-refractivity contribution in [1.29, 1.82) is 0 Å². The molecule has 3 nitrogen and oxygen atoms in total.